The predicted molar refractivity (Wildman–Crippen MR) is 143 cm³/mol. The van der Waals surface area contributed by atoms with Crippen molar-refractivity contribution < 1.29 is 38.0 Å². The van der Waals surface area contributed by atoms with Crippen LogP contribution in [0.4, 0.5) is 0 Å². The summed E-state index contributed by atoms with van der Waals surface area (Å²) in [5, 5.41) is 0.633. The highest BCUT2D eigenvalue weighted by atomic mass is 35.5. The van der Waals surface area contributed by atoms with Gasteiger partial charge in [-0.3, -0.25) is 4.79 Å². The summed E-state index contributed by atoms with van der Waals surface area (Å²) in [5.41, 5.74) is 1.57. The van der Waals surface area contributed by atoms with Crippen LogP contribution in [0.5, 0.6) is 34.5 Å². The van der Waals surface area contributed by atoms with E-state index in [0.717, 1.165) is 0 Å². The largest absolute Gasteiger partial charge is 0.492 e. The normalized spacial score (nSPS) is 18.5. The molecule has 3 rings (SSSR count). The van der Waals surface area contributed by atoms with Gasteiger partial charge in [0.15, 0.2) is 23.0 Å². The van der Waals surface area contributed by atoms with Crippen LogP contribution in [0.15, 0.2) is 0 Å². The first-order valence-electron chi connectivity index (χ1n) is 11.8. The number of carbonyl (C=O) groups excluding carboxylic acids is 1. The Morgan fingerprint density at radius 1 is 0.757 bits per heavy atom. The van der Waals surface area contributed by atoms with E-state index in [9.17, 15) is 4.79 Å². The molecule has 2 atom stereocenters. The lowest BCUT2D eigenvalue weighted by molar-refractivity contribution is -0.163. The molecule has 1 aliphatic rings. The molecule has 0 bridgehead atoms. The third-order valence-corrected chi connectivity index (χ3v) is 7.80. The van der Waals surface area contributed by atoms with Crippen molar-refractivity contribution in [3.63, 3.8) is 0 Å². The van der Waals surface area contributed by atoms with Crippen molar-refractivity contribution in [2.45, 2.75) is 45.6 Å². The molecule has 0 spiro atoms. The first-order valence-corrected chi connectivity index (χ1v) is 12.6. The molecule has 1 aliphatic carbocycles. The van der Waals surface area contributed by atoms with E-state index in [0.29, 0.717) is 73.2 Å². The standard InChI is InChI=1S/C27H34Cl2O8/c1-10-16(30)37-27(3)12-15-18(22(32-5)26(36-9)24(34-7)20(15)29)17-14(11-13(27)2)19(28)23(33-6)25(35-8)21(17)31-4/h13H,10-12H2,1-9H3/t13-,27-/m1/s1. The van der Waals surface area contributed by atoms with E-state index in [1.54, 1.807) is 6.92 Å². The highest BCUT2D eigenvalue weighted by molar-refractivity contribution is 6.35. The molecule has 0 saturated heterocycles. The number of hydrogen-bond donors (Lipinski definition) is 0. The number of benzene rings is 2. The van der Waals surface area contributed by atoms with Crippen molar-refractivity contribution in [2.24, 2.45) is 5.92 Å². The molecule has 0 saturated carbocycles. The van der Waals surface area contributed by atoms with E-state index in [-0.39, 0.29) is 24.7 Å². The zero-order valence-corrected chi connectivity index (χ0v) is 24.2. The Morgan fingerprint density at radius 3 is 1.57 bits per heavy atom. The summed E-state index contributed by atoms with van der Waals surface area (Å²) >= 11 is 14.0. The quantitative estimate of drug-likeness (QED) is 0.357. The first-order chi connectivity index (χ1) is 17.6. The van der Waals surface area contributed by atoms with E-state index in [4.69, 9.17) is 56.4 Å². The third-order valence-electron chi connectivity index (χ3n) is 7.00. The fourth-order valence-electron chi connectivity index (χ4n) is 4.93. The maximum atomic E-state index is 12.6. The van der Waals surface area contributed by atoms with Crippen LogP contribution in [-0.2, 0) is 22.4 Å². The molecule has 2 aromatic carbocycles. The second-order valence-electron chi connectivity index (χ2n) is 8.96. The van der Waals surface area contributed by atoms with Crippen LogP contribution in [0.25, 0.3) is 11.1 Å². The van der Waals surface area contributed by atoms with Crippen molar-refractivity contribution in [3.05, 3.63) is 21.2 Å². The van der Waals surface area contributed by atoms with Gasteiger partial charge in [-0.1, -0.05) is 37.0 Å². The van der Waals surface area contributed by atoms with Gasteiger partial charge in [-0.25, -0.2) is 0 Å². The van der Waals surface area contributed by atoms with Crippen molar-refractivity contribution in [2.75, 3.05) is 42.7 Å². The topological polar surface area (TPSA) is 81.7 Å². The molecule has 0 unspecified atom stereocenters. The summed E-state index contributed by atoms with van der Waals surface area (Å²) in [7, 11) is 9.08. The molecule has 0 aromatic heterocycles. The van der Waals surface area contributed by atoms with Crippen LogP contribution >= 0.6 is 23.2 Å². The number of hydrogen-bond acceptors (Lipinski definition) is 8. The maximum absolute atomic E-state index is 12.6. The zero-order valence-electron chi connectivity index (χ0n) is 22.7. The fourth-order valence-corrected chi connectivity index (χ4v) is 5.59. The lowest BCUT2D eigenvalue weighted by Crippen LogP contribution is -2.42. The van der Waals surface area contributed by atoms with Gasteiger partial charge in [0.05, 0.1) is 52.7 Å². The number of methoxy groups -OCH3 is 6. The summed E-state index contributed by atoms with van der Waals surface area (Å²) in [6.07, 6.45) is 0.917. The number of halogens is 2. The van der Waals surface area contributed by atoms with Crippen LogP contribution in [0.2, 0.25) is 10.0 Å². The van der Waals surface area contributed by atoms with Gasteiger partial charge >= 0.3 is 5.97 Å². The lowest BCUT2D eigenvalue weighted by Gasteiger charge is -2.39. The predicted octanol–water partition coefficient (Wildman–Crippen LogP) is 6.16. The van der Waals surface area contributed by atoms with Gasteiger partial charge in [0.2, 0.25) is 11.5 Å². The van der Waals surface area contributed by atoms with E-state index >= 15 is 0 Å². The Hall–Kier alpha value is -2.71. The van der Waals surface area contributed by atoms with Crippen LogP contribution < -0.4 is 28.4 Å². The van der Waals surface area contributed by atoms with Gasteiger partial charge in [0.1, 0.15) is 5.60 Å². The Labute approximate surface area is 228 Å². The molecule has 10 heteroatoms. The minimum atomic E-state index is -0.947. The van der Waals surface area contributed by atoms with E-state index in [1.807, 2.05) is 13.8 Å². The Morgan fingerprint density at radius 2 is 1.16 bits per heavy atom. The minimum Gasteiger partial charge on any atom is -0.492 e. The van der Waals surface area contributed by atoms with Crippen molar-refractivity contribution in [3.8, 4) is 45.6 Å². The number of rotatable bonds is 8. The summed E-state index contributed by atoms with van der Waals surface area (Å²) in [6.45, 7) is 5.65. The van der Waals surface area contributed by atoms with Gasteiger partial charge in [0.25, 0.3) is 0 Å². The number of fused-ring (bicyclic) bond motifs is 3. The SMILES string of the molecule is CCC(=O)O[C@]1(C)Cc2c(Cl)c(OC)c(OC)c(OC)c2-c2c(c(Cl)c(OC)c(OC)c2OC)C[C@H]1C. The average Bonchev–Trinajstić information content (AvgIpc) is 2.88. The van der Waals surface area contributed by atoms with Gasteiger partial charge in [-0.2, -0.15) is 0 Å². The van der Waals surface area contributed by atoms with Crippen molar-refractivity contribution in [1.29, 1.82) is 0 Å². The molecule has 0 aliphatic heterocycles. The van der Waals surface area contributed by atoms with E-state index in [1.165, 1.54) is 42.7 Å². The maximum Gasteiger partial charge on any atom is 0.306 e. The molecule has 0 N–H and O–H groups in total. The van der Waals surface area contributed by atoms with Crippen LogP contribution in [0.1, 0.15) is 38.3 Å². The summed E-state index contributed by atoms with van der Waals surface area (Å²) in [6, 6.07) is 0. The molecular weight excluding hydrogens is 523 g/mol. The van der Waals surface area contributed by atoms with Crippen LogP contribution in [0.3, 0.4) is 0 Å². The monoisotopic (exact) mass is 556 g/mol. The minimum absolute atomic E-state index is 0.189. The summed E-state index contributed by atoms with van der Waals surface area (Å²) < 4.78 is 40.6. The van der Waals surface area contributed by atoms with Gasteiger partial charge in [0, 0.05) is 29.9 Å². The molecule has 0 amide bonds. The van der Waals surface area contributed by atoms with Crippen LogP contribution in [-0.4, -0.2) is 54.2 Å². The molecule has 0 heterocycles. The third kappa shape index (κ3) is 4.70. The molecular formula is C27H34Cl2O8. The number of ether oxygens (including phenoxy) is 7. The number of esters is 1. The Bertz CT molecular complexity index is 1200. The molecule has 2 aromatic rings. The fraction of sp³-hybridized carbons (Fsp3) is 0.519. The van der Waals surface area contributed by atoms with Gasteiger partial charge in [-0.15, -0.1) is 0 Å². The molecule has 0 radical (unpaired) electrons. The van der Waals surface area contributed by atoms with E-state index < -0.39 is 5.60 Å². The zero-order chi connectivity index (χ0) is 27.7. The highest BCUT2D eigenvalue weighted by Gasteiger charge is 2.43. The number of carbonyl (C=O) groups is 1. The summed E-state index contributed by atoms with van der Waals surface area (Å²) in [5.74, 6) is 1.48. The summed E-state index contributed by atoms with van der Waals surface area (Å²) in [4.78, 5) is 12.6. The Kier molecular flexibility index (Phi) is 8.85. The van der Waals surface area contributed by atoms with Crippen molar-refractivity contribution >= 4 is 29.2 Å². The molecule has 204 valence electrons. The molecule has 37 heavy (non-hydrogen) atoms. The molecule has 8 nitrogen and oxygen atoms in total. The second kappa shape index (κ2) is 11.4. The Balaban J connectivity index is 2.63. The van der Waals surface area contributed by atoms with E-state index in [2.05, 4.69) is 0 Å². The second-order valence-corrected chi connectivity index (χ2v) is 9.71. The van der Waals surface area contributed by atoms with Gasteiger partial charge in [-0.05, 0) is 24.5 Å². The first kappa shape index (κ1) is 28.9. The average molecular weight is 557 g/mol. The van der Waals surface area contributed by atoms with Crippen molar-refractivity contribution in [1.82, 2.24) is 0 Å². The highest BCUT2D eigenvalue weighted by Crippen LogP contribution is 2.60. The van der Waals surface area contributed by atoms with Crippen LogP contribution in [0, 0.1) is 5.92 Å². The lowest BCUT2D eigenvalue weighted by atomic mass is 9.74. The molecule has 0 fully saturated rings. The smallest absolute Gasteiger partial charge is 0.306 e. The van der Waals surface area contributed by atoms with Gasteiger partial charge < -0.3 is 33.2 Å².